The molecule has 0 aromatic carbocycles. The fourth-order valence-electron chi connectivity index (χ4n) is 3.46. The van der Waals surface area contributed by atoms with Gasteiger partial charge in [-0.15, -0.1) is 0 Å². The molecule has 38 heavy (non-hydrogen) atoms. The van der Waals surface area contributed by atoms with E-state index in [4.69, 9.17) is 48.5 Å². The molecule has 0 rings (SSSR count). The van der Waals surface area contributed by atoms with Crippen LogP contribution in [0, 0.1) is 0 Å². The minimum Gasteiger partial charge on any atom is -0.396 e. The maximum absolute atomic E-state index is 8.83. The number of rotatable bonds is 33. The molecule has 0 saturated carbocycles. The number of methoxy groups -OCH3 is 1. The molecule has 0 radical (unpaired) electrons. The summed E-state index contributed by atoms with van der Waals surface area (Å²) in [5.74, 6) is 0. The van der Waals surface area contributed by atoms with Crippen molar-refractivity contribution >= 4 is 0 Å². The van der Waals surface area contributed by atoms with Gasteiger partial charge < -0.3 is 53.4 Å². The van der Waals surface area contributed by atoms with E-state index in [1.54, 1.807) is 7.11 Å². The van der Waals surface area contributed by atoms with Crippen LogP contribution in [-0.4, -0.2) is 171 Å². The van der Waals surface area contributed by atoms with Gasteiger partial charge in [-0.25, -0.2) is 0 Å². The van der Waals surface area contributed by atoms with E-state index in [2.05, 4.69) is 9.80 Å². The summed E-state index contributed by atoms with van der Waals surface area (Å²) >= 11 is 0. The standard InChI is InChI=1S/C26H56N2O10/c1-32-15-2-6-27(9-19-33-18-5-12-29)7-3-16-34-24-25-38-26-37-17-4-8-28(10-20-35-22-13-30)11-21-36-23-14-31/h29-31H,2-26H2,1H3. The number of hydrogen-bond donors (Lipinski definition) is 3. The van der Waals surface area contributed by atoms with E-state index in [-0.39, 0.29) is 26.6 Å². The number of aliphatic hydroxyl groups excluding tert-OH is 3. The Hall–Kier alpha value is -0.480. The van der Waals surface area contributed by atoms with Crippen molar-refractivity contribution in [2.45, 2.75) is 25.7 Å². The van der Waals surface area contributed by atoms with E-state index >= 15 is 0 Å². The summed E-state index contributed by atoms with van der Waals surface area (Å²) in [5.41, 5.74) is 0. The van der Waals surface area contributed by atoms with Crippen molar-refractivity contribution in [1.82, 2.24) is 9.80 Å². The van der Waals surface area contributed by atoms with E-state index in [9.17, 15) is 0 Å². The smallest absolute Gasteiger partial charge is 0.146 e. The third-order valence-corrected chi connectivity index (χ3v) is 5.46. The molecule has 0 heterocycles. The summed E-state index contributed by atoms with van der Waals surface area (Å²) in [6, 6.07) is 0. The predicted octanol–water partition coefficient (Wildman–Crippen LogP) is -0.169. The average Bonchev–Trinajstić information content (AvgIpc) is 2.93. The summed E-state index contributed by atoms with van der Waals surface area (Å²) in [5, 5.41) is 26.5. The third-order valence-electron chi connectivity index (χ3n) is 5.46. The van der Waals surface area contributed by atoms with Crippen LogP contribution in [0.2, 0.25) is 0 Å². The lowest BCUT2D eigenvalue weighted by Crippen LogP contribution is -2.33. The highest BCUT2D eigenvalue weighted by atomic mass is 16.7. The Morgan fingerprint density at radius 2 is 0.816 bits per heavy atom. The molecule has 0 unspecified atom stereocenters. The molecule has 0 aromatic rings. The molecule has 0 saturated heterocycles. The number of nitrogens with zero attached hydrogens (tertiary/aromatic N) is 2. The van der Waals surface area contributed by atoms with Crippen LogP contribution in [0.4, 0.5) is 0 Å². The molecule has 3 N–H and O–H groups in total. The Bertz CT molecular complexity index is 429. The van der Waals surface area contributed by atoms with Crippen LogP contribution in [-0.2, 0) is 33.2 Å². The molecule has 0 spiro atoms. The molecule has 0 aromatic heterocycles. The van der Waals surface area contributed by atoms with E-state index in [1.807, 2.05) is 0 Å². The monoisotopic (exact) mass is 556 g/mol. The van der Waals surface area contributed by atoms with Crippen molar-refractivity contribution in [2.75, 3.05) is 146 Å². The van der Waals surface area contributed by atoms with Crippen LogP contribution < -0.4 is 0 Å². The van der Waals surface area contributed by atoms with Crippen LogP contribution in [0.3, 0.4) is 0 Å². The minimum atomic E-state index is 0.0233. The van der Waals surface area contributed by atoms with Gasteiger partial charge in [-0.3, -0.25) is 4.90 Å². The third kappa shape index (κ3) is 28.5. The first-order chi connectivity index (χ1) is 18.8. The largest absolute Gasteiger partial charge is 0.396 e. The van der Waals surface area contributed by atoms with E-state index < -0.39 is 0 Å². The first kappa shape index (κ1) is 37.5. The Balaban J connectivity index is 3.74. The lowest BCUT2D eigenvalue weighted by molar-refractivity contribution is -0.0713. The van der Waals surface area contributed by atoms with Gasteiger partial charge in [-0.1, -0.05) is 0 Å². The number of hydrogen-bond acceptors (Lipinski definition) is 12. The van der Waals surface area contributed by atoms with Gasteiger partial charge >= 0.3 is 0 Å². The van der Waals surface area contributed by atoms with Gasteiger partial charge in [0.25, 0.3) is 0 Å². The summed E-state index contributed by atoms with van der Waals surface area (Å²) in [6.07, 6.45) is 3.45. The second-order valence-corrected chi connectivity index (χ2v) is 8.64. The quantitative estimate of drug-likeness (QED) is 0.0733. The summed E-state index contributed by atoms with van der Waals surface area (Å²) < 4.78 is 38.2. The summed E-state index contributed by atoms with van der Waals surface area (Å²) in [7, 11) is 1.72. The highest BCUT2D eigenvalue weighted by molar-refractivity contribution is 4.59. The van der Waals surface area contributed by atoms with Crippen LogP contribution >= 0.6 is 0 Å². The van der Waals surface area contributed by atoms with Crippen molar-refractivity contribution in [1.29, 1.82) is 0 Å². The van der Waals surface area contributed by atoms with Crippen LogP contribution in [0.5, 0.6) is 0 Å². The zero-order valence-electron chi connectivity index (χ0n) is 23.8. The molecule has 12 nitrogen and oxygen atoms in total. The van der Waals surface area contributed by atoms with Gasteiger partial charge in [0.1, 0.15) is 6.79 Å². The van der Waals surface area contributed by atoms with E-state index in [0.717, 1.165) is 65.1 Å². The molecule has 0 fully saturated rings. The predicted molar refractivity (Wildman–Crippen MR) is 145 cm³/mol. The molecule has 230 valence electrons. The SMILES string of the molecule is COCCCN(CCCOCCOCOCCCN(CCOCCO)CCOCCO)CCOCCCO. The first-order valence-corrected chi connectivity index (χ1v) is 14.0. The van der Waals surface area contributed by atoms with Crippen molar-refractivity contribution in [3.8, 4) is 0 Å². The summed E-state index contributed by atoms with van der Waals surface area (Å²) in [6.45, 7) is 11.6. The molecule has 0 aliphatic rings. The fraction of sp³-hybridized carbons (Fsp3) is 1.00. The zero-order valence-corrected chi connectivity index (χ0v) is 23.8. The van der Waals surface area contributed by atoms with E-state index in [1.165, 1.54) is 0 Å². The molecule has 0 aliphatic heterocycles. The molecule has 0 aliphatic carbocycles. The first-order valence-electron chi connectivity index (χ1n) is 14.0. The van der Waals surface area contributed by atoms with Crippen molar-refractivity contribution in [2.24, 2.45) is 0 Å². The maximum atomic E-state index is 8.83. The van der Waals surface area contributed by atoms with Crippen LogP contribution in [0.15, 0.2) is 0 Å². The van der Waals surface area contributed by atoms with Crippen molar-refractivity contribution in [3.63, 3.8) is 0 Å². The minimum absolute atomic E-state index is 0.0233. The maximum Gasteiger partial charge on any atom is 0.146 e. The van der Waals surface area contributed by atoms with Crippen LogP contribution in [0.1, 0.15) is 25.7 Å². The van der Waals surface area contributed by atoms with Gasteiger partial charge in [-0.05, 0) is 25.7 Å². The second-order valence-electron chi connectivity index (χ2n) is 8.64. The Morgan fingerprint density at radius 1 is 0.395 bits per heavy atom. The van der Waals surface area contributed by atoms with Crippen molar-refractivity contribution < 1.29 is 48.5 Å². The van der Waals surface area contributed by atoms with Gasteiger partial charge in [0.05, 0.1) is 66.1 Å². The number of ether oxygens (including phenoxy) is 7. The highest BCUT2D eigenvalue weighted by Crippen LogP contribution is 1.98. The molecule has 12 heteroatoms. The van der Waals surface area contributed by atoms with Gasteiger partial charge in [-0.2, -0.15) is 0 Å². The molecular formula is C26H56N2O10. The molecule has 0 amide bonds. The topological polar surface area (TPSA) is 132 Å². The zero-order chi connectivity index (χ0) is 27.8. The molecule has 0 bridgehead atoms. The number of aliphatic hydroxyl groups is 3. The average molecular weight is 557 g/mol. The normalized spacial score (nSPS) is 11.8. The van der Waals surface area contributed by atoms with Crippen LogP contribution in [0.25, 0.3) is 0 Å². The highest BCUT2D eigenvalue weighted by Gasteiger charge is 2.06. The van der Waals surface area contributed by atoms with Gasteiger partial charge in [0.15, 0.2) is 0 Å². The van der Waals surface area contributed by atoms with Gasteiger partial charge in [0.2, 0.25) is 0 Å². The Kier molecular flexibility index (Phi) is 32.3. The lowest BCUT2D eigenvalue weighted by atomic mass is 10.3. The lowest BCUT2D eigenvalue weighted by Gasteiger charge is -2.22. The Morgan fingerprint density at radius 3 is 1.37 bits per heavy atom. The van der Waals surface area contributed by atoms with Gasteiger partial charge in [0, 0.05) is 72.8 Å². The van der Waals surface area contributed by atoms with Crippen molar-refractivity contribution in [3.05, 3.63) is 0 Å². The van der Waals surface area contributed by atoms with E-state index in [0.29, 0.717) is 72.5 Å². The fourth-order valence-corrected chi connectivity index (χ4v) is 3.46. The second kappa shape index (κ2) is 32.7. The summed E-state index contributed by atoms with van der Waals surface area (Å²) in [4.78, 5) is 4.58. The molecular weight excluding hydrogens is 500 g/mol. The molecule has 0 atom stereocenters. The Labute approximate surface area is 230 Å².